The molecule has 2 aliphatic rings. The van der Waals surface area contributed by atoms with Crippen LogP contribution in [-0.2, 0) is 24.4 Å². The van der Waals surface area contributed by atoms with Gasteiger partial charge in [0.25, 0.3) is 0 Å². The van der Waals surface area contributed by atoms with Gasteiger partial charge in [0.2, 0.25) is 0 Å². The number of hydrogen-bond acceptors (Lipinski definition) is 4. The second-order valence-electron chi connectivity index (χ2n) is 5.03. The zero-order chi connectivity index (χ0) is 12.4. The second-order valence-corrected chi connectivity index (χ2v) is 5.03. The van der Waals surface area contributed by atoms with Gasteiger partial charge in [-0.1, -0.05) is 0 Å². The predicted octanol–water partition coefficient (Wildman–Crippen LogP) is 0.107. The molecule has 1 N–H and O–H groups in total. The topological polar surface area (TPSA) is 61.1 Å². The average molecular weight is 252 g/mol. The van der Waals surface area contributed by atoms with Crippen LogP contribution in [-0.4, -0.2) is 33.6 Å². The lowest BCUT2D eigenvalue weighted by molar-refractivity contribution is 0.101. The lowest BCUT2D eigenvalue weighted by Gasteiger charge is -2.11. The summed E-state index contributed by atoms with van der Waals surface area (Å²) in [4.78, 5) is 12.0. The molecule has 0 spiro atoms. The molecule has 3 heterocycles. The highest BCUT2D eigenvalue weighted by Gasteiger charge is 2.17. The highest BCUT2D eigenvalue weighted by molar-refractivity contribution is 4.90. The molecule has 100 valence electrons. The molecule has 1 unspecified atom stereocenters. The number of fused-ring (bicyclic) bond motifs is 1. The van der Waals surface area contributed by atoms with Gasteiger partial charge in [-0.25, -0.2) is 9.48 Å². The van der Waals surface area contributed by atoms with Crippen molar-refractivity contribution in [1.82, 2.24) is 19.7 Å². The molecule has 1 aromatic rings. The molecule has 0 aliphatic carbocycles. The van der Waals surface area contributed by atoms with E-state index in [4.69, 9.17) is 4.74 Å². The Labute approximate surface area is 106 Å². The maximum atomic E-state index is 12.0. The molecule has 0 radical (unpaired) electrons. The number of nitrogens with zero attached hydrogens (tertiary/aromatic N) is 3. The van der Waals surface area contributed by atoms with Crippen LogP contribution < -0.4 is 11.0 Å². The van der Waals surface area contributed by atoms with Crippen molar-refractivity contribution >= 4 is 0 Å². The van der Waals surface area contributed by atoms with Gasteiger partial charge in [0.05, 0.1) is 12.6 Å². The van der Waals surface area contributed by atoms with Gasteiger partial charge >= 0.3 is 5.69 Å². The summed E-state index contributed by atoms with van der Waals surface area (Å²) in [5.74, 6) is 0.864. The molecule has 0 bridgehead atoms. The van der Waals surface area contributed by atoms with Gasteiger partial charge in [0.15, 0.2) is 0 Å². The number of aryl methyl sites for hydroxylation is 1. The van der Waals surface area contributed by atoms with Gasteiger partial charge in [-0.15, -0.1) is 0 Å². The van der Waals surface area contributed by atoms with Gasteiger partial charge in [-0.3, -0.25) is 4.57 Å². The summed E-state index contributed by atoms with van der Waals surface area (Å²) in [6, 6.07) is 0. The molecule has 6 nitrogen and oxygen atoms in total. The minimum absolute atomic E-state index is 0.0406. The van der Waals surface area contributed by atoms with E-state index in [2.05, 4.69) is 10.4 Å². The fraction of sp³-hybridized carbons (Fsp3) is 0.833. The lowest BCUT2D eigenvalue weighted by Crippen LogP contribution is -2.34. The maximum absolute atomic E-state index is 12.0. The Morgan fingerprint density at radius 3 is 3.22 bits per heavy atom. The van der Waals surface area contributed by atoms with E-state index in [0.29, 0.717) is 19.2 Å². The molecule has 0 aromatic carbocycles. The van der Waals surface area contributed by atoms with Crippen molar-refractivity contribution in [3.8, 4) is 0 Å². The zero-order valence-corrected chi connectivity index (χ0v) is 10.6. The standard InChI is InChI=1S/C12H20N4O2/c17-12-15-7-5-13-9-11(15)14-16(12)6-1-3-10-4-2-8-18-10/h10,13H,1-9H2. The summed E-state index contributed by atoms with van der Waals surface area (Å²) in [6.45, 7) is 3.90. The molecule has 0 amide bonds. The highest BCUT2D eigenvalue weighted by Crippen LogP contribution is 2.16. The largest absolute Gasteiger partial charge is 0.378 e. The number of ether oxygens (including phenoxy) is 1. The first-order valence-electron chi connectivity index (χ1n) is 6.83. The molecular formula is C12H20N4O2. The molecule has 1 saturated heterocycles. The minimum Gasteiger partial charge on any atom is -0.378 e. The van der Waals surface area contributed by atoms with Crippen molar-refractivity contribution < 1.29 is 4.74 Å². The Hall–Kier alpha value is -1.14. The van der Waals surface area contributed by atoms with Gasteiger partial charge < -0.3 is 10.1 Å². The van der Waals surface area contributed by atoms with Crippen LogP contribution in [0.2, 0.25) is 0 Å². The minimum atomic E-state index is 0.0406. The summed E-state index contributed by atoms with van der Waals surface area (Å²) >= 11 is 0. The molecule has 3 rings (SSSR count). The number of rotatable bonds is 4. The summed E-state index contributed by atoms with van der Waals surface area (Å²) in [5.41, 5.74) is 0.0406. The van der Waals surface area contributed by atoms with Crippen molar-refractivity contribution in [2.45, 2.75) is 51.4 Å². The Kier molecular flexibility index (Phi) is 3.47. The zero-order valence-electron chi connectivity index (χ0n) is 10.6. The Morgan fingerprint density at radius 2 is 2.44 bits per heavy atom. The molecular weight excluding hydrogens is 232 g/mol. The predicted molar refractivity (Wildman–Crippen MR) is 66.4 cm³/mol. The summed E-state index contributed by atoms with van der Waals surface area (Å²) < 4.78 is 8.97. The van der Waals surface area contributed by atoms with E-state index < -0.39 is 0 Å². The van der Waals surface area contributed by atoms with Crippen molar-refractivity contribution in [3.05, 3.63) is 16.3 Å². The highest BCUT2D eigenvalue weighted by atomic mass is 16.5. The third kappa shape index (κ3) is 2.35. The van der Waals surface area contributed by atoms with Gasteiger partial charge in [-0.05, 0) is 25.7 Å². The second kappa shape index (κ2) is 5.24. The lowest BCUT2D eigenvalue weighted by atomic mass is 10.1. The van der Waals surface area contributed by atoms with Gasteiger partial charge in [0.1, 0.15) is 5.82 Å². The smallest absolute Gasteiger partial charge is 0.345 e. The van der Waals surface area contributed by atoms with Crippen LogP contribution in [0.15, 0.2) is 4.79 Å². The summed E-state index contributed by atoms with van der Waals surface area (Å²) in [7, 11) is 0. The van der Waals surface area contributed by atoms with Gasteiger partial charge in [0, 0.05) is 26.2 Å². The average Bonchev–Trinajstić information content (AvgIpc) is 3.00. The van der Waals surface area contributed by atoms with E-state index in [1.165, 1.54) is 12.8 Å². The SMILES string of the molecule is O=c1n(CCCC2CCCO2)nc2n1CCNC2. The Morgan fingerprint density at radius 1 is 1.50 bits per heavy atom. The first-order valence-corrected chi connectivity index (χ1v) is 6.83. The summed E-state index contributed by atoms with van der Waals surface area (Å²) in [5, 5.41) is 7.61. The van der Waals surface area contributed by atoms with Crippen molar-refractivity contribution in [2.24, 2.45) is 0 Å². The third-order valence-corrected chi connectivity index (χ3v) is 3.71. The van der Waals surface area contributed by atoms with Crippen LogP contribution in [0.4, 0.5) is 0 Å². The molecule has 1 atom stereocenters. The Bertz CT molecular complexity index is 459. The van der Waals surface area contributed by atoms with E-state index in [9.17, 15) is 4.79 Å². The van der Waals surface area contributed by atoms with Crippen molar-refractivity contribution in [1.29, 1.82) is 0 Å². The molecule has 18 heavy (non-hydrogen) atoms. The van der Waals surface area contributed by atoms with E-state index in [1.807, 2.05) is 0 Å². The molecule has 0 saturated carbocycles. The van der Waals surface area contributed by atoms with Crippen LogP contribution >= 0.6 is 0 Å². The van der Waals surface area contributed by atoms with Gasteiger partial charge in [-0.2, -0.15) is 5.10 Å². The van der Waals surface area contributed by atoms with Crippen LogP contribution in [0.5, 0.6) is 0 Å². The van der Waals surface area contributed by atoms with E-state index in [0.717, 1.165) is 38.4 Å². The van der Waals surface area contributed by atoms with Crippen LogP contribution in [0.1, 0.15) is 31.5 Å². The fourth-order valence-corrected chi connectivity index (χ4v) is 2.72. The quantitative estimate of drug-likeness (QED) is 0.826. The normalized spacial score (nSPS) is 23.2. The number of nitrogens with one attached hydrogen (secondary N) is 1. The monoisotopic (exact) mass is 252 g/mol. The van der Waals surface area contributed by atoms with Crippen LogP contribution in [0.3, 0.4) is 0 Å². The molecule has 1 fully saturated rings. The van der Waals surface area contributed by atoms with E-state index in [-0.39, 0.29) is 5.69 Å². The first-order chi connectivity index (χ1) is 8.84. The first kappa shape index (κ1) is 11.9. The maximum Gasteiger partial charge on any atom is 0.345 e. The summed E-state index contributed by atoms with van der Waals surface area (Å²) in [6.07, 6.45) is 4.74. The third-order valence-electron chi connectivity index (χ3n) is 3.71. The molecule has 1 aromatic heterocycles. The number of hydrogen-bond donors (Lipinski definition) is 1. The van der Waals surface area contributed by atoms with E-state index >= 15 is 0 Å². The van der Waals surface area contributed by atoms with Crippen LogP contribution in [0, 0.1) is 0 Å². The molecule has 6 heteroatoms. The Balaban J connectivity index is 1.59. The van der Waals surface area contributed by atoms with E-state index in [1.54, 1.807) is 9.25 Å². The molecule has 2 aliphatic heterocycles. The van der Waals surface area contributed by atoms with Crippen molar-refractivity contribution in [2.75, 3.05) is 13.2 Å². The van der Waals surface area contributed by atoms with Crippen molar-refractivity contribution in [3.63, 3.8) is 0 Å². The fourth-order valence-electron chi connectivity index (χ4n) is 2.72. The van der Waals surface area contributed by atoms with Crippen LogP contribution in [0.25, 0.3) is 0 Å². The number of aromatic nitrogens is 3.